The van der Waals surface area contributed by atoms with Crippen molar-refractivity contribution in [3.8, 4) is 79.5 Å². The fraction of sp³-hybridized carbons (Fsp3) is 0. The molecule has 0 atom stereocenters. The van der Waals surface area contributed by atoms with E-state index < -0.39 is 0 Å². The third kappa shape index (κ3) is 8.35. The summed E-state index contributed by atoms with van der Waals surface area (Å²) in [5, 5.41) is 0. The van der Waals surface area contributed by atoms with Crippen LogP contribution in [-0.4, -0.2) is 29.9 Å². The van der Waals surface area contributed by atoms with Gasteiger partial charge in [0.15, 0.2) is 34.9 Å². The molecule has 14 rings (SSSR count). The Morgan fingerprint density at radius 2 is 0.474 bits per heavy atom. The van der Waals surface area contributed by atoms with Crippen LogP contribution in [0.15, 0.2) is 274 Å². The van der Waals surface area contributed by atoms with Crippen LogP contribution in [0.25, 0.3) is 79.5 Å². The summed E-state index contributed by atoms with van der Waals surface area (Å²) in [6.45, 7) is 0. The molecule has 2 aliphatic heterocycles. The summed E-state index contributed by atoms with van der Waals surface area (Å²) in [7, 11) is 0. The Bertz CT molecular complexity index is 3670. The Balaban J connectivity index is 1.07. The molecule has 2 aliphatic rings. The van der Waals surface area contributed by atoms with Gasteiger partial charge in [0.05, 0.1) is 22.7 Å². The predicted octanol–water partition coefficient (Wildman–Crippen LogP) is 17.6. The van der Waals surface area contributed by atoms with E-state index in [2.05, 4.69) is 143 Å². The summed E-state index contributed by atoms with van der Waals surface area (Å²) >= 11 is 3.57. The van der Waals surface area contributed by atoms with Crippen LogP contribution in [0.1, 0.15) is 0 Å². The molecule has 76 heavy (non-hydrogen) atoms. The maximum absolute atomic E-state index is 5.41. The fourth-order valence-electron chi connectivity index (χ4n) is 10.0. The highest BCUT2D eigenvalue weighted by atomic mass is 32.2. The minimum atomic E-state index is 0.522. The van der Waals surface area contributed by atoms with Gasteiger partial charge in [-0.05, 0) is 83.9 Å². The molecular weight excluding hydrogens is 969 g/mol. The van der Waals surface area contributed by atoms with E-state index in [0.29, 0.717) is 34.9 Å². The Kier molecular flexibility index (Phi) is 11.5. The molecule has 10 aromatic carbocycles. The van der Waals surface area contributed by atoms with E-state index in [1.807, 2.05) is 121 Å². The number of rotatable bonds is 9. The Hall–Kier alpha value is -9.48. The van der Waals surface area contributed by atoms with E-state index in [4.69, 9.17) is 29.9 Å². The third-order valence-electron chi connectivity index (χ3n) is 13.6. The molecule has 8 nitrogen and oxygen atoms in total. The van der Waals surface area contributed by atoms with Crippen molar-refractivity contribution in [1.82, 2.24) is 29.9 Å². The molecule has 0 saturated heterocycles. The van der Waals surface area contributed by atoms with Crippen LogP contribution in [0, 0.1) is 0 Å². The van der Waals surface area contributed by atoms with Crippen molar-refractivity contribution < 1.29 is 0 Å². The number of hydrogen-bond acceptors (Lipinski definition) is 10. The van der Waals surface area contributed by atoms with Gasteiger partial charge < -0.3 is 9.80 Å². The summed E-state index contributed by atoms with van der Waals surface area (Å²) in [4.78, 5) is 41.3. The van der Waals surface area contributed by atoms with Crippen LogP contribution in [0.2, 0.25) is 0 Å². The van der Waals surface area contributed by atoms with Gasteiger partial charge in [-0.15, -0.1) is 0 Å². The molecule has 0 radical (unpaired) electrons. The summed E-state index contributed by atoms with van der Waals surface area (Å²) in [5.41, 5.74) is 13.2. The number of fused-ring (bicyclic) bond motifs is 4. The minimum Gasteiger partial charge on any atom is -0.308 e. The summed E-state index contributed by atoms with van der Waals surface area (Å²) < 4.78 is 0. The number of hydrogen-bond donors (Lipinski definition) is 0. The fourth-order valence-corrected chi connectivity index (χ4v) is 12.1. The first kappa shape index (κ1) is 45.2. The maximum Gasteiger partial charge on any atom is 0.164 e. The van der Waals surface area contributed by atoms with Crippen molar-refractivity contribution in [2.45, 2.75) is 19.6 Å². The lowest BCUT2D eigenvalue weighted by Crippen LogP contribution is -2.15. The van der Waals surface area contributed by atoms with Gasteiger partial charge in [-0.25, -0.2) is 29.9 Å². The van der Waals surface area contributed by atoms with Gasteiger partial charge >= 0.3 is 0 Å². The highest BCUT2D eigenvalue weighted by molar-refractivity contribution is 8.00. The molecular formula is C66H42N8S2. The van der Waals surface area contributed by atoms with Crippen LogP contribution in [0.5, 0.6) is 0 Å². The van der Waals surface area contributed by atoms with Crippen molar-refractivity contribution >= 4 is 57.6 Å². The Morgan fingerprint density at radius 1 is 0.224 bits per heavy atom. The first-order chi connectivity index (χ1) is 37.7. The normalized spacial score (nSPS) is 12.3. The molecule has 0 unspecified atom stereocenters. The SMILES string of the molecule is c1ccc(-c2nc(-c3ccccc3)nc(-c3cc(N4c5ccccc5Sc5ccccc54)ccc3-c3ccc(N4c5ccccc5Sc5ccccc54)cc3-c3nc(-c4ccccc4)nc(-c4ccccc4)n3)n2)cc1. The van der Waals surface area contributed by atoms with Crippen molar-refractivity contribution in [3.63, 3.8) is 0 Å². The van der Waals surface area contributed by atoms with Crippen LogP contribution >= 0.6 is 23.5 Å². The van der Waals surface area contributed by atoms with Crippen LogP contribution in [0.4, 0.5) is 34.1 Å². The average Bonchev–Trinajstić information content (AvgIpc) is 3.51. The second-order valence-electron chi connectivity index (χ2n) is 18.3. The molecule has 0 amide bonds. The van der Waals surface area contributed by atoms with Gasteiger partial charge in [-0.2, -0.15) is 0 Å². The zero-order valence-corrected chi connectivity index (χ0v) is 42.3. The minimum absolute atomic E-state index is 0.522. The third-order valence-corrected chi connectivity index (χ3v) is 15.8. The summed E-state index contributed by atoms with van der Waals surface area (Å²) in [6.07, 6.45) is 0. The number of para-hydroxylation sites is 4. The zero-order valence-electron chi connectivity index (χ0n) is 40.6. The van der Waals surface area contributed by atoms with Crippen LogP contribution < -0.4 is 9.80 Å². The molecule has 358 valence electrons. The number of anilines is 6. The van der Waals surface area contributed by atoms with Crippen molar-refractivity contribution in [2.75, 3.05) is 9.80 Å². The van der Waals surface area contributed by atoms with Crippen LogP contribution in [-0.2, 0) is 0 Å². The number of benzene rings is 10. The van der Waals surface area contributed by atoms with Gasteiger partial charge in [0.2, 0.25) is 0 Å². The quantitative estimate of drug-likeness (QED) is 0.139. The molecule has 0 saturated carbocycles. The molecule has 0 aliphatic carbocycles. The number of aromatic nitrogens is 6. The van der Waals surface area contributed by atoms with E-state index in [1.165, 1.54) is 19.6 Å². The van der Waals surface area contributed by atoms with E-state index >= 15 is 0 Å². The molecule has 10 heteroatoms. The van der Waals surface area contributed by atoms with Gasteiger partial charge in [-0.1, -0.05) is 206 Å². The molecule has 4 heterocycles. The molecule has 12 aromatic rings. The largest absolute Gasteiger partial charge is 0.308 e. The zero-order chi connectivity index (χ0) is 50.4. The van der Waals surface area contributed by atoms with E-state index in [1.54, 1.807) is 23.5 Å². The van der Waals surface area contributed by atoms with E-state index in [9.17, 15) is 0 Å². The van der Waals surface area contributed by atoms with E-state index in [0.717, 1.165) is 78.6 Å². The van der Waals surface area contributed by atoms with Gasteiger partial charge in [0.25, 0.3) is 0 Å². The molecule has 0 fully saturated rings. The topological polar surface area (TPSA) is 83.8 Å². The monoisotopic (exact) mass is 1010 g/mol. The Morgan fingerprint density at radius 3 is 0.763 bits per heavy atom. The highest BCUT2D eigenvalue weighted by Crippen LogP contribution is 2.54. The first-order valence-corrected chi connectivity index (χ1v) is 26.7. The van der Waals surface area contributed by atoms with Gasteiger partial charge in [0.1, 0.15) is 0 Å². The van der Waals surface area contributed by atoms with Crippen molar-refractivity contribution in [1.29, 1.82) is 0 Å². The second-order valence-corrected chi connectivity index (χ2v) is 20.4. The second kappa shape index (κ2) is 19.4. The lowest BCUT2D eigenvalue weighted by atomic mass is 9.92. The predicted molar refractivity (Wildman–Crippen MR) is 309 cm³/mol. The summed E-state index contributed by atoms with van der Waals surface area (Å²) in [6, 6.07) is 88.3. The molecule has 0 N–H and O–H groups in total. The molecule has 2 aromatic heterocycles. The van der Waals surface area contributed by atoms with Crippen molar-refractivity contribution in [2.24, 2.45) is 0 Å². The van der Waals surface area contributed by atoms with Gasteiger partial charge in [0, 0.05) is 64.3 Å². The lowest BCUT2D eigenvalue weighted by molar-refractivity contribution is 1.07. The first-order valence-electron chi connectivity index (χ1n) is 25.0. The molecule has 0 bridgehead atoms. The van der Waals surface area contributed by atoms with Gasteiger partial charge in [-0.3, -0.25) is 0 Å². The number of nitrogens with zero attached hydrogens (tertiary/aromatic N) is 8. The average molecular weight is 1010 g/mol. The van der Waals surface area contributed by atoms with E-state index in [-0.39, 0.29) is 0 Å². The van der Waals surface area contributed by atoms with Crippen molar-refractivity contribution in [3.05, 3.63) is 255 Å². The van der Waals surface area contributed by atoms with Crippen LogP contribution in [0.3, 0.4) is 0 Å². The Labute approximate surface area is 448 Å². The highest BCUT2D eigenvalue weighted by Gasteiger charge is 2.29. The maximum atomic E-state index is 5.41. The standard InChI is InChI=1S/C66H42N8S2/c1-5-21-43(22-6-1)61-67-62(44-23-7-2-8-24-44)70-65(69-61)51-41-47(73-53-29-13-17-33-57(53)75-58-34-18-14-30-54(58)73)37-39-49(51)50-40-38-48(74-55-31-15-19-35-59(55)76-60-36-20-16-32-56(60)74)42-52(50)66-71-63(45-25-9-3-10-26-45)68-64(72-66)46-27-11-4-12-28-46/h1-42H. The summed E-state index contributed by atoms with van der Waals surface area (Å²) in [5.74, 6) is 3.32. The lowest BCUT2D eigenvalue weighted by Gasteiger charge is -2.33. The molecule has 0 spiro atoms. The smallest absolute Gasteiger partial charge is 0.164 e.